The van der Waals surface area contributed by atoms with E-state index in [0.29, 0.717) is 0 Å². The molecule has 0 spiro atoms. The second-order valence-corrected chi connectivity index (χ2v) is 4.44. The molecule has 0 saturated carbocycles. The molecular weight excluding hydrogens is 417 g/mol. The smallest absolute Gasteiger partial charge is 0.550 e. The summed E-state index contributed by atoms with van der Waals surface area (Å²) in [7, 11) is 0. The van der Waals surface area contributed by atoms with Crippen LogP contribution in [0.3, 0.4) is 0 Å². The topological polar surface area (TPSA) is 201 Å². The van der Waals surface area contributed by atoms with Gasteiger partial charge in [0.2, 0.25) is 0 Å². The molecule has 15 heteroatoms. The molecule has 0 radical (unpaired) electrons. The maximum atomic E-state index is 10.5. The van der Waals surface area contributed by atoms with Crippen LogP contribution in [0.5, 0.6) is 0 Å². The van der Waals surface area contributed by atoms with Crippen molar-refractivity contribution in [3.05, 3.63) is 0 Å². The Hall–Kier alpha value is 0.906. The first-order valence-electron chi connectivity index (χ1n) is 6.39. The fraction of sp³-hybridized carbons (Fsp3) is 0.583. The largest absolute Gasteiger partial charge is 1.00 e. The average molecular weight is 434 g/mol. The molecule has 0 aromatic rings. The Labute approximate surface area is 242 Å². The van der Waals surface area contributed by atoms with Crippen molar-refractivity contribution in [3.63, 3.8) is 0 Å². The third-order valence-corrected chi connectivity index (χ3v) is 2.16. The SMILES string of the molecule is CC(=O)[O-].O=C([O-])CN(CCN(CC(=O)[O-])CC(=O)O)CC(=O)O.[K+].[Na+].[Na+]. The van der Waals surface area contributed by atoms with Crippen molar-refractivity contribution >= 4 is 29.8 Å². The van der Waals surface area contributed by atoms with E-state index in [-0.39, 0.29) is 124 Å². The summed E-state index contributed by atoms with van der Waals surface area (Å²) in [6, 6.07) is 0. The van der Waals surface area contributed by atoms with Gasteiger partial charge in [-0.25, -0.2) is 0 Å². The second-order valence-electron chi connectivity index (χ2n) is 4.44. The van der Waals surface area contributed by atoms with Crippen LogP contribution in [0.1, 0.15) is 6.92 Å². The van der Waals surface area contributed by atoms with Gasteiger partial charge in [-0.1, -0.05) is 0 Å². The van der Waals surface area contributed by atoms with Crippen molar-refractivity contribution in [1.29, 1.82) is 0 Å². The van der Waals surface area contributed by atoms with Crippen LogP contribution >= 0.6 is 0 Å². The monoisotopic (exact) mass is 434 g/mol. The quantitative estimate of drug-likeness (QED) is 0.291. The number of carbonyl (C=O) groups is 5. The number of carboxylic acid groups (broad SMARTS) is 5. The summed E-state index contributed by atoms with van der Waals surface area (Å²) < 4.78 is 0. The molecule has 0 heterocycles. The minimum atomic E-state index is -1.49. The molecule has 0 atom stereocenters. The molecule has 0 fully saturated rings. The van der Waals surface area contributed by atoms with Crippen LogP contribution in [0.4, 0.5) is 0 Å². The van der Waals surface area contributed by atoms with Crippen molar-refractivity contribution in [2.75, 3.05) is 39.3 Å². The van der Waals surface area contributed by atoms with Crippen molar-refractivity contribution in [2.45, 2.75) is 6.92 Å². The summed E-state index contributed by atoms with van der Waals surface area (Å²) in [6.45, 7) is -1.78. The fourth-order valence-electron chi connectivity index (χ4n) is 1.46. The van der Waals surface area contributed by atoms with Gasteiger partial charge in [0.25, 0.3) is 0 Å². The van der Waals surface area contributed by atoms with Crippen LogP contribution in [0.2, 0.25) is 0 Å². The first-order chi connectivity index (χ1) is 10.9. The van der Waals surface area contributed by atoms with E-state index in [1.54, 1.807) is 0 Å². The Balaban J connectivity index is -0.000000209. The molecule has 0 aromatic carbocycles. The number of nitrogens with zero attached hydrogens (tertiary/aromatic N) is 2. The van der Waals surface area contributed by atoms with E-state index in [1.807, 2.05) is 0 Å². The molecule has 0 aliphatic heterocycles. The molecule has 138 valence electrons. The predicted octanol–water partition coefficient (Wildman–Crippen LogP) is -15.0. The summed E-state index contributed by atoms with van der Waals surface area (Å²) in [4.78, 5) is 52.8. The van der Waals surface area contributed by atoms with E-state index in [4.69, 9.17) is 20.1 Å². The first kappa shape index (κ1) is 38.5. The maximum Gasteiger partial charge on any atom is 1.00 e. The van der Waals surface area contributed by atoms with E-state index < -0.39 is 56.0 Å². The van der Waals surface area contributed by atoms with Gasteiger partial charge < -0.3 is 39.9 Å². The van der Waals surface area contributed by atoms with Crippen molar-refractivity contribution in [2.24, 2.45) is 0 Å². The molecule has 0 bridgehead atoms. The fourth-order valence-corrected chi connectivity index (χ4v) is 1.46. The minimum absolute atomic E-state index is 0. The third-order valence-electron chi connectivity index (χ3n) is 2.16. The van der Waals surface area contributed by atoms with Gasteiger partial charge in [0, 0.05) is 32.1 Å². The number of carbonyl (C=O) groups excluding carboxylic acids is 3. The molecule has 0 unspecified atom stereocenters. The van der Waals surface area contributed by atoms with Gasteiger partial charge in [0.05, 0.1) is 25.0 Å². The first-order valence-corrected chi connectivity index (χ1v) is 6.39. The molecule has 0 aliphatic rings. The van der Waals surface area contributed by atoms with Crippen molar-refractivity contribution in [3.8, 4) is 0 Å². The van der Waals surface area contributed by atoms with Crippen LogP contribution in [0.25, 0.3) is 0 Å². The van der Waals surface area contributed by atoms with Gasteiger partial charge in [0.1, 0.15) is 0 Å². The second kappa shape index (κ2) is 23.2. The van der Waals surface area contributed by atoms with Crippen LogP contribution < -0.4 is 126 Å². The summed E-state index contributed by atoms with van der Waals surface area (Å²) >= 11 is 0. The number of carboxylic acids is 5. The molecule has 0 aromatic heterocycles. The molecule has 12 nitrogen and oxygen atoms in total. The predicted molar refractivity (Wildman–Crippen MR) is 68.8 cm³/mol. The molecule has 0 rings (SSSR count). The summed E-state index contributed by atoms with van der Waals surface area (Å²) in [5, 5.41) is 46.9. The van der Waals surface area contributed by atoms with Gasteiger partial charge in [-0.2, -0.15) is 0 Å². The number of rotatable bonds is 11. The molecule has 2 N–H and O–H groups in total. The Kier molecular flexibility index (Phi) is 33.1. The Morgan fingerprint density at radius 2 is 0.926 bits per heavy atom. The van der Waals surface area contributed by atoms with Gasteiger partial charge in [-0.3, -0.25) is 19.4 Å². The van der Waals surface area contributed by atoms with Crippen molar-refractivity contribution < 1.29 is 160 Å². The Morgan fingerprint density at radius 1 is 0.704 bits per heavy atom. The summed E-state index contributed by atoms with van der Waals surface area (Å²) in [5.41, 5.74) is 0. The van der Waals surface area contributed by atoms with Gasteiger partial charge in [-0.15, -0.1) is 0 Å². The third kappa shape index (κ3) is 34.8. The van der Waals surface area contributed by atoms with E-state index in [2.05, 4.69) is 0 Å². The normalized spacial score (nSPS) is 8.85. The van der Waals surface area contributed by atoms with E-state index in [9.17, 15) is 29.4 Å². The zero-order valence-corrected chi connectivity index (χ0v) is 22.9. The molecule has 0 amide bonds. The molecular formula is C12H17KN2Na2O10. The molecule has 0 aliphatic carbocycles. The maximum absolute atomic E-state index is 10.5. The van der Waals surface area contributed by atoms with Gasteiger partial charge >= 0.3 is 122 Å². The van der Waals surface area contributed by atoms with Crippen LogP contribution in [-0.4, -0.2) is 89.1 Å². The Morgan fingerprint density at radius 3 is 1.07 bits per heavy atom. The number of aliphatic carboxylic acids is 5. The van der Waals surface area contributed by atoms with E-state index in [0.717, 1.165) is 16.7 Å². The van der Waals surface area contributed by atoms with Crippen LogP contribution in [0.15, 0.2) is 0 Å². The van der Waals surface area contributed by atoms with Crippen LogP contribution in [-0.2, 0) is 24.0 Å². The van der Waals surface area contributed by atoms with E-state index in [1.165, 1.54) is 0 Å². The zero-order chi connectivity index (χ0) is 19.3. The van der Waals surface area contributed by atoms with E-state index >= 15 is 0 Å². The molecule has 0 saturated heterocycles. The Bertz CT molecular complexity index is 409. The number of hydrogen-bond donors (Lipinski definition) is 2. The molecule has 27 heavy (non-hydrogen) atoms. The number of hydrogen-bond acceptors (Lipinski definition) is 10. The standard InChI is InChI=1S/C10H16N2O8.C2H4O2.K.2Na/c13-7(14)3-11(4-8(15)16)1-2-12(5-9(17)18)6-10(19)20;1-2(3)4;;;/h1-6H2,(H,13,14)(H,15,16)(H,17,18)(H,19,20);1H3,(H,3,4);;;/q;;3*+1/p-3. The van der Waals surface area contributed by atoms with Crippen LogP contribution in [0, 0.1) is 0 Å². The summed E-state index contributed by atoms with van der Waals surface area (Å²) in [5.74, 6) is -6.60. The zero-order valence-electron chi connectivity index (χ0n) is 15.8. The van der Waals surface area contributed by atoms with Gasteiger partial charge in [0.15, 0.2) is 0 Å². The van der Waals surface area contributed by atoms with Gasteiger partial charge in [-0.05, 0) is 6.92 Å². The summed E-state index contributed by atoms with van der Waals surface area (Å²) in [6.07, 6.45) is 0. The average Bonchev–Trinajstić information content (AvgIpc) is 2.32. The van der Waals surface area contributed by atoms with Crippen molar-refractivity contribution in [1.82, 2.24) is 9.80 Å². The minimum Gasteiger partial charge on any atom is -0.550 e.